The molecular formula is C9H12BN5O2S. The molecule has 0 atom stereocenters. The summed E-state index contributed by atoms with van der Waals surface area (Å²) >= 11 is 4.86. The third-order valence-corrected chi connectivity index (χ3v) is 2.20. The summed E-state index contributed by atoms with van der Waals surface area (Å²) in [6, 6.07) is 0.820. The molecule has 94 valence electrons. The van der Waals surface area contributed by atoms with Crippen molar-refractivity contribution in [1.82, 2.24) is 14.9 Å². The molecule has 0 aliphatic rings. The van der Waals surface area contributed by atoms with Crippen molar-refractivity contribution >= 4 is 42.4 Å². The maximum Gasteiger partial charge on any atom is 0.337 e. The second kappa shape index (κ2) is 5.65. The Morgan fingerprint density at radius 1 is 1.61 bits per heavy atom. The lowest BCUT2D eigenvalue weighted by molar-refractivity contribution is 0.215. The molecule has 0 aliphatic heterocycles. The number of rotatable bonds is 1. The van der Waals surface area contributed by atoms with Crippen molar-refractivity contribution in [2.75, 3.05) is 12.4 Å². The van der Waals surface area contributed by atoms with Gasteiger partial charge < -0.3 is 9.88 Å². The lowest BCUT2D eigenvalue weighted by atomic mass is 9.98. The third kappa shape index (κ3) is 3.57. The number of nitrogens with zero attached hydrogens (tertiary/aromatic N) is 2. The molecule has 9 heteroatoms. The number of thiocarbonyl (C=S) groups is 1. The predicted octanol–water partition coefficient (Wildman–Crippen LogP) is -1.61. The van der Waals surface area contributed by atoms with Crippen molar-refractivity contribution in [3.8, 4) is 0 Å². The number of hydrogen-bond acceptors (Lipinski definition) is 4. The standard InChI is InChI=1S/C9H12BN5O2S/c1-14-4-5(10)3-6(7(14)16)12-8(18)13-9(17)15(2)11/h3-4H,11H2,1-2H3,(H2,12,13,17,18). The Morgan fingerprint density at radius 3 is 2.78 bits per heavy atom. The summed E-state index contributed by atoms with van der Waals surface area (Å²) in [6.07, 6.45) is 1.48. The van der Waals surface area contributed by atoms with E-state index in [1.807, 2.05) is 0 Å². The molecule has 2 amide bonds. The van der Waals surface area contributed by atoms with Gasteiger partial charge in [0.25, 0.3) is 5.56 Å². The predicted molar refractivity (Wildman–Crippen MR) is 73.8 cm³/mol. The summed E-state index contributed by atoms with van der Waals surface area (Å²) in [6.45, 7) is 0. The molecule has 4 N–H and O–H groups in total. The number of aryl methyl sites for hydroxylation is 1. The van der Waals surface area contributed by atoms with Gasteiger partial charge in [0.15, 0.2) is 5.11 Å². The van der Waals surface area contributed by atoms with Crippen LogP contribution in [0.3, 0.4) is 0 Å². The second-order valence-electron chi connectivity index (χ2n) is 3.60. The molecule has 0 unspecified atom stereocenters. The first-order valence-electron chi connectivity index (χ1n) is 4.88. The van der Waals surface area contributed by atoms with Crippen LogP contribution in [0, 0.1) is 0 Å². The molecule has 0 bridgehead atoms. The topological polar surface area (TPSA) is 92.4 Å². The highest BCUT2D eigenvalue weighted by Gasteiger charge is 2.09. The number of nitrogens with two attached hydrogens (primary N) is 1. The van der Waals surface area contributed by atoms with E-state index >= 15 is 0 Å². The average Bonchev–Trinajstić information content (AvgIpc) is 2.24. The molecule has 1 rings (SSSR count). The normalized spacial score (nSPS) is 9.72. The zero-order valence-electron chi connectivity index (χ0n) is 9.93. The van der Waals surface area contributed by atoms with Crippen LogP contribution in [-0.4, -0.2) is 35.6 Å². The van der Waals surface area contributed by atoms with Gasteiger partial charge in [-0.15, -0.1) is 0 Å². The van der Waals surface area contributed by atoms with Crippen LogP contribution in [0.4, 0.5) is 10.5 Å². The smallest absolute Gasteiger partial charge is 0.328 e. The van der Waals surface area contributed by atoms with Gasteiger partial charge in [-0.1, -0.05) is 5.46 Å². The van der Waals surface area contributed by atoms with Crippen molar-refractivity contribution in [3.63, 3.8) is 0 Å². The Morgan fingerprint density at radius 2 is 2.22 bits per heavy atom. The van der Waals surface area contributed by atoms with Gasteiger partial charge in [0.2, 0.25) is 0 Å². The van der Waals surface area contributed by atoms with Gasteiger partial charge in [0.05, 0.1) is 0 Å². The lowest BCUT2D eigenvalue weighted by Crippen LogP contribution is -2.46. The van der Waals surface area contributed by atoms with E-state index in [9.17, 15) is 9.59 Å². The number of carbonyl (C=O) groups excluding carboxylic acids is 1. The Kier molecular flexibility index (Phi) is 4.46. The molecule has 0 saturated heterocycles. The van der Waals surface area contributed by atoms with E-state index in [1.54, 1.807) is 7.05 Å². The maximum atomic E-state index is 11.7. The number of urea groups is 1. The van der Waals surface area contributed by atoms with Gasteiger partial charge in [-0.2, -0.15) is 0 Å². The van der Waals surface area contributed by atoms with E-state index in [0.717, 1.165) is 5.01 Å². The first-order valence-corrected chi connectivity index (χ1v) is 5.28. The van der Waals surface area contributed by atoms with Gasteiger partial charge in [-0.25, -0.2) is 10.6 Å². The van der Waals surface area contributed by atoms with E-state index in [2.05, 4.69) is 10.6 Å². The third-order valence-electron chi connectivity index (χ3n) is 1.99. The summed E-state index contributed by atoms with van der Waals surface area (Å²) in [7, 11) is 8.51. The largest absolute Gasteiger partial charge is 0.337 e. The number of hydrazine groups is 1. The van der Waals surface area contributed by atoms with Crippen molar-refractivity contribution in [2.45, 2.75) is 0 Å². The molecule has 1 aromatic rings. The minimum absolute atomic E-state index is 0.0417. The Bertz CT molecular complexity index is 542. The molecule has 1 aromatic heterocycles. The highest BCUT2D eigenvalue weighted by molar-refractivity contribution is 7.80. The molecule has 18 heavy (non-hydrogen) atoms. The molecule has 0 fully saturated rings. The maximum absolute atomic E-state index is 11.7. The number of anilines is 1. The first-order chi connectivity index (χ1) is 8.31. The average molecular weight is 265 g/mol. The van der Waals surface area contributed by atoms with E-state index < -0.39 is 6.03 Å². The summed E-state index contributed by atoms with van der Waals surface area (Å²) in [5.74, 6) is 5.20. The fourth-order valence-electron chi connectivity index (χ4n) is 1.17. The number of pyridine rings is 1. The zero-order valence-corrected chi connectivity index (χ0v) is 10.7. The van der Waals surface area contributed by atoms with Crippen LogP contribution < -0.4 is 27.5 Å². The van der Waals surface area contributed by atoms with Gasteiger partial charge in [0.1, 0.15) is 13.5 Å². The summed E-state index contributed by atoms with van der Waals surface area (Å²) in [5.41, 5.74) is 0.244. The Balaban J connectivity index is 2.83. The molecule has 1 heterocycles. The zero-order chi connectivity index (χ0) is 13.9. The minimum Gasteiger partial charge on any atom is -0.328 e. The van der Waals surface area contributed by atoms with Crippen LogP contribution in [0.5, 0.6) is 0 Å². The van der Waals surface area contributed by atoms with Crippen molar-refractivity contribution in [3.05, 3.63) is 22.6 Å². The highest BCUT2D eigenvalue weighted by Crippen LogP contribution is 1.95. The van der Waals surface area contributed by atoms with E-state index in [1.165, 1.54) is 23.9 Å². The fourth-order valence-corrected chi connectivity index (χ4v) is 1.36. The molecule has 0 aliphatic carbocycles. The molecule has 2 radical (unpaired) electrons. The van der Waals surface area contributed by atoms with Crippen molar-refractivity contribution in [2.24, 2.45) is 12.9 Å². The van der Waals surface area contributed by atoms with Crippen LogP contribution in [-0.2, 0) is 7.05 Å². The molecule has 7 nitrogen and oxygen atoms in total. The van der Waals surface area contributed by atoms with Crippen LogP contribution in [0.2, 0.25) is 0 Å². The Hall–Kier alpha value is -1.87. The van der Waals surface area contributed by atoms with Crippen LogP contribution in [0.25, 0.3) is 0 Å². The summed E-state index contributed by atoms with van der Waals surface area (Å²) in [4.78, 5) is 22.9. The SMILES string of the molecule is [B]c1cc(NC(=S)NC(=O)N(C)N)c(=O)n(C)c1. The molecule has 0 spiro atoms. The van der Waals surface area contributed by atoms with Crippen LogP contribution in [0.1, 0.15) is 0 Å². The summed E-state index contributed by atoms with van der Waals surface area (Å²) < 4.78 is 1.30. The summed E-state index contributed by atoms with van der Waals surface area (Å²) in [5, 5.41) is 5.65. The number of aromatic nitrogens is 1. The van der Waals surface area contributed by atoms with Crippen molar-refractivity contribution < 1.29 is 4.79 Å². The van der Waals surface area contributed by atoms with Crippen LogP contribution >= 0.6 is 12.2 Å². The molecule has 0 aromatic carbocycles. The first kappa shape index (κ1) is 14.2. The minimum atomic E-state index is -0.603. The quantitative estimate of drug-likeness (QED) is 0.187. The highest BCUT2D eigenvalue weighted by atomic mass is 32.1. The number of nitrogens with one attached hydrogen (secondary N) is 2. The van der Waals surface area contributed by atoms with Gasteiger partial charge in [-0.3, -0.25) is 15.1 Å². The number of hydrogen-bond donors (Lipinski definition) is 3. The lowest BCUT2D eigenvalue weighted by Gasteiger charge is -2.14. The van der Waals surface area contributed by atoms with Gasteiger partial charge >= 0.3 is 6.03 Å². The number of amides is 2. The second-order valence-corrected chi connectivity index (χ2v) is 4.01. The van der Waals surface area contributed by atoms with Gasteiger partial charge in [0, 0.05) is 14.1 Å². The van der Waals surface area contributed by atoms with E-state index in [0.29, 0.717) is 5.46 Å². The molecule has 0 saturated carbocycles. The number of carbonyl (C=O) groups is 1. The monoisotopic (exact) mass is 265 g/mol. The molecular weight excluding hydrogens is 253 g/mol. The van der Waals surface area contributed by atoms with E-state index in [4.69, 9.17) is 25.9 Å². The Labute approximate surface area is 110 Å². The van der Waals surface area contributed by atoms with Gasteiger partial charge in [-0.05, 0) is 24.5 Å². The van der Waals surface area contributed by atoms with Crippen LogP contribution in [0.15, 0.2) is 17.1 Å². The van der Waals surface area contributed by atoms with E-state index in [-0.39, 0.29) is 16.4 Å². The van der Waals surface area contributed by atoms with Crippen molar-refractivity contribution in [1.29, 1.82) is 0 Å². The fraction of sp³-hybridized carbons (Fsp3) is 0.222.